The standard InChI is InChI=1S/C7H12N2O2S/c1-2-3-11-4-7(10)6-5-12-9-8-6/h5,7,10H,2-4H2,1H3. The Hall–Kier alpha value is -0.520. The van der Waals surface area contributed by atoms with Gasteiger partial charge in [-0.2, -0.15) is 0 Å². The first kappa shape index (κ1) is 9.57. The third kappa shape index (κ3) is 2.84. The number of ether oxygens (including phenoxy) is 1. The van der Waals surface area contributed by atoms with Crippen LogP contribution in [0.1, 0.15) is 25.1 Å². The molecular formula is C7H12N2O2S. The first-order valence-electron chi connectivity index (χ1n) is 3.87. The lowest BCUT2D eigenvalue weighted by Crippen LogP contribution is -2.08. The monoisotopic (exact) mass is 188 g/mol. The van der Waals surface area contributed by atoms with Gasteiger partial charge in [0.1, 0.15) is 11.8 Å². The number of nitrogens with zero attached hydrogens (tertiary/aromatic N) is 2. The Morgan fingerprint density at radius 2 is 2.58 bits per heavy atom. The van der Waals surface area contributed by atoms with E-state index >= 15 is 0 Å². The van der Waals surface area contributed by atoms with E-state index in [1.807, 2.05) is 6.92 Å². The van der Waals surface area contributed by atoms with Crippen LogP contribution in [0.15, 0.2) is 5.38 Å². The molecule has 0 saturated carbocycles. The fourth-order valence-electron chi connectivity index (χ4n) is 0.742. The van der Waals surface area contributed by atoms with Crippen LogP contribution in [0.5, 0.6) is 0 Å². The molecule has 1 rings (SSSR count). The van der Waals surface area contributed by atoms with Gasteiger partial charge in [0, 0.05) is 12.0 Å². The van der Waals surface area contributed by atoms with E-state index in [0.29, 0.717) is 18.9 Å². The number of aromatic nitrogens is 2. The minimum Gasteiger partial charge on any atom is -0.384 e. The second-order valence-corrected chi connectivity index (χ2v) is 3.03. The second kappa shape index (κ2) is 5.18. The molecule has 0 aliphatic heterocycles. The molecule has 1 unspecified atom stereocenters. The molecule has 5 heteroatoms. The van der Waals surface area contributed by atoms with Gasteiger partial charge in [0.15, 0.2) is 0 Å². The average Bonchev–Trinajstić information content (AvgIpc) is 2.56. The highest BCUT2D eigenvalue weighted by atomic mass is 32.1. The summed E-state index contributed by atoms with van der Waals surface area (Å²) in [7, 11) is 0. The van der Waals surface area contributed by atoms with Crippen molar-refractivity contribution in [3.8, 4) is 0 Å². The summed E-state index contributed by atoms with van der Waals surface area (Å²) in [6.07, 6.45) is 0.331. The molecule has 0 spiro atoms. The maximum absolute atomic E-state index is 9.42. The molecule has 1 N–H and O–H groups in total. The first-order chi connectivity index (χ1) is 5.84. The van der Waals surface area contributed by atoms with Crippen LogP contribution in [0.3, 0.4) is 0 Å². The summed E-state index contributed by atoms with van der Waals surface area (Å²) in [6.45, 7) is 3.00. The third-order valence-corrected chi connectivity index (χ3v) is 1.87. The van der Waals surface area contributed by atoms with Gasteiger partial charge in [-0.15, -0.1) is 5.10 Å². The van der Waals surface area contributed by atoms with Crippen LogP contribution in [-0.2, 0) is 4.74 Å². The van der Waals surface area contributed by atoms with Crippen LogP contribution in [-0.4, -0.2) is 27.9 Å². The van der Waals surface area contributed by atoms with E-state index in [1.165, 1.54) is 11.5 Å². The van der Waals surface area contributed by atoms with Crippen LogP contribution in [0.2, 0.25) is 0 Å². The number of aliphatic hydroxyl groups excluding tert-OH is 1. The summed E-state index contributed by atoms with van der Waals surface area (Å²) < 4.78 is 8.80. The lowest BCUT2D eigenvalue weighted by atomic mass is 10.3. The highest BCUT2D eigenvalue weighted by Crippen LogP contribution is 2.10. The summed E-state index contributed by atoms with van der Waals surface area (Å²) in [5.74, 6) is 0. The van der Waals surface area contributed by atoms with Crippen molar-refractivity contribution >= 4 is 11.5 Å². The molecule has 0 aliphatic carbocycles. The zero-order chi connectivity index (χ0) is 8.81. The molecule has 1 atom stereocenters. The summed E-state index contributed by atoms with van der Waals surface area (Å²) in [4.78, 5) is 0. The maximum Gasteiger partial charge on any atom is 0.122 e. The number of aliphatic hydroxyl groups is 1. The summed E-state index contributed by atoms with van der Waals surface area (Å²) in [5, 5.41) is 14.9. The van der Waals surface area contributed by atoms with Crippen molar-refractivity contribution in [2.24, 2.45) is 0 Å². The zero-order valence-electron chi connectivity index (χ0n) is 6.93. The minimum absolute atomic E-state index is 0.305. The largest absolute Gasteiger partial charge is 0.384 e. The predicted molar refractivity (Wildman–Crippen MR) is 46.0 cm³/mol. The van der Waals surface area contributed by atoms with Crippen molar-refractivity contribution in [1.82, 2.24) is 9.59 Å². The topological polar surface area (TPSA) is 55.2 Å². The van der Waals surface area contributed by atoms with Crippen LogP contribution in [0.4, 0.5) is 0 Å². The molecule has 0 aromatic carbocycles. The smallest absolute Gasteiger partial charge is 0.122 e. The Labute approximate surface area is 75.4 Å². The zero-order valence-corrected chi connectivity index (χ0v) is 7.75. The predicted octanol–water partition coefficient (Wildman–Crippen LogP) is 0.998. The van der Waals surface area contributed by atoms with E-state index in [1.54, 1.807) is 5.38 Å². The molecule has 1 heterocycles. The fraction of sp³-hybridized carbons (Fsp3) is 0.714. The van der Waals surface area contributed by atoms with Gasteiger partial charge >= 0.3 is 0 Å². The molecule has 68 valence electrons. The molecule has 4 nitrogen and oxygen atoms in total. The van der Waals surface area contributed by atoms with Crippen molar-refractivity contribution in [2.75, 3.05) is 13.2 Å². The molecule has 12 heavy (non-hydrogen) atoms. The number of rotatable bonds is 5. The van der Waals surface area contributed by atoms with Crippen molar-refractivity contribution in [2.45, 2.75) is 19.4 Å². The van der Waals surface area contributed by atoms with E-state index in [-0.39, 0.29) is 0 Å². The van der Waals surface area contributed by atoms with Crippen LogP contribution < -0.4 is 0 Å². The molecule has 0 saturated heterocycles. The second-order valence-electron chi connectivity index (χ2n) is 2.42. The van der Waals surface area contributed by atoms with E-state index < -0.39 is 6.10 Å². The lowest BCUT2D eigenvalue weighted by molar-refractivity contribution is 0.0342. The van der Waals surface area contributed by atoms with Gasteiger partial charge < -0.3 is 9.84 Å². The first-order valence-corrected chi connectivity index (χ1v) is 4.71. The average molecular weight is 188 g/mol. The van der Waals surface area contributed by atoms with Crippen LogP contribution >= 0.6 is 11.5 Å². The van der Waals surface area contributed by atoms with Crippen molar-refractivity contribution < 1.29 is 9.84 Å². The van der Waals surface area contributed by atoms with Crippen molar-refractivity contribution in [3.05, 3.63) is 11.1 Å². The molecule has 0 aliphatic rings. The Morgan fingerprint density at radius 1 is 1.75 bits per heavy atom. The normalized spacial score (nSPS) is 13.2. The van der Waals surface area contributed by atoms with Crippen molar-refractivity contribution in [3.63, 3.8) is 0 Å². The third-order valence-electron chi connectivity index (χ3n) is 1.34. The quantitative estimate of drug-likeness (QED) is 0.700. The van der Waals surface area contributed by atoms with E-state index in [9.17, 15) is 5.11 Å². The maximum atomic E-state index is 9.42. The van der Waals surface area contributed by atoms with Gasteiger partial charge in [-0.3, -0.25) is 0 Å². The van der Waals surface area contributed by atoms with Gasteiger partial charge in [-0.05, 0) is 18.0 Å². The number of hydrogen-bond acceptors (Lipinski definition) is 5. The molecule has 0 amide bonds. The molecular weight excluding hydrogens is 176 g/mol. The van der Waals surface area contributed by atoms with Gasteiger partial charge in [0.2, 0.25) is 0 Å². The summed E-state index contributed by atoms with van der Waals surface area (Å²) in [5.41, 5.74) is 0.594. The fourth-order valence-corrected chi connectivity index (χ4v) is 1.24. The van der Waals surface area contributed by atoms with Gasteiger partial charge in [-0.1, -0.05) is 11.4 Å². The van der Waals surface area contributed by atoms with E-state index in [4.69, 9.17) is 4.74 Å². The summed E-state index contributed by atoms with van der Waals surface area (Å²) >= 11 is 1.23. The van der Waals surface area contributed by atoms with Gasteiger partial charge in [0.25, 0.3) is 0 Å². The Morgan fingerprint density at radius 3 is 3.17 bits per heavy atom. The van der Waals surface area contributed by atoms with Gasteiger partial charge in [0.05, 0.1) is 6.61 Å². The summed E-state index contributed by atoms with van der Waals surface area (Å²) in [6, 6.07) is 0. The highest BCUT2D eigenvalue weighted by Gasteiger charge is 2.09. The Kier molecular flexibility index (Phi) is 4.13. The van der Waals surface area contributed by atoms with Crippen molar-refractivity contribution in [1.29, 1.82) is 0 Å². The molecule has 0 bridgehead atoms. The van der Waals surface area contributed by atoms with Crippen LogP contribution in [0, 0.1) is 0 Å². The number of hydrogen-bond donors (Lipinski definition) is 1. The highest BCUT2D eigenvalue weighted by molar-refractivity contribution is 7.03. The molecule has 0 fully saturated rings. The van der Waals surface area contributed by atoms with Crippen LogP contribution in [0.25, 0.3) is 0 Å². The Balaban J connectivity index is 2.25. The molecule has 1 aromatic heterocycles. The van der Waals surface area contributed by atoms with E-state index in [0.717, 1.165) is 6.42 Å². The SMILES string of the molecule is CCCOCC(O)c1csnn1. The van der Waals surface area contributed by atoms with E-state index in [2.05, 4.69) is 9.59 Å². The molecule has 1 aromatic rings. The van der Waals surface area contributed by atoms with Gasteiger partial charge in [-0.25, -0.2) is 0 Å². The molecule has 0 radical (unpaired) electrons. The minimum atomic E-state index is -0.629. The Bertz CT molecular complexity index is 203. The lowest BCUT2D eigenvalue weighted by Gasteiger charge is -2.06.